The maximum Gasteiger partial charge on any atom is 0.254 e. The number of thioether (sulfide) groups is 1. The molecule has 0 aliphatic rings. The lowest BCUT2D eigenvalue weighted by Crippen LogP contribution is -2.27. The minimum atomic E-state index is -0.364. The second-order valence-corrected chi connectivity index (χ2v) is 8.03. The lowest BCUT2D eigenvalue weighted by atomic mass is 10.1. The minimum absolute atomic E-state index is 0.150. The summed E-state index contributed by atoms with van der Waals surface area (Å²) in [4.78, 5) is 28.6. The smallest absolute Gasteiger partial charge is 0.254 e. The fourth-order valence-corrected chi connectivity index (χ4v) is 3.87. The van der Waals surface area contributed by atoms with Gasteiger partial charge in [-0.2, -0.15) is 0 Å². The summed E-state index contributed by atoms with van der Waals surface area (Å²) in [5.74, 6) is 0.515. The van der Waals surface area contributed by atoms with Crippen LogP contribution in [0.25, 0.3) is 11.3 Å². The Labute approximate surface area is 162 Å². The molecular formula is C16H14ClN5O2S2. The van der Waals surface area contributed by atoms with Gasteiger partial charge in [0.2, 0.25) is 11.0 Å². The van der Waals surface area contributed by atoms with Crippen molar-refractivity contribution in [2.45, 2.75) is 17.8 Å². The van der Waals surface area contributed by atoms with Gasteiger partial charge in [0, 0.05) is 16.7 Å². The molecule has 0 aliphatic heterocycles. The first-order chi connectivity index (χ1) is 12.5. The molecule has 3 rings (SSSR count). The zero-order valence-electron chi connectivity index (χ0n) is 13.7. The molecule has 0 unspecified atom stereocenters. The first-order valence-corrected chi connectivity index (χ1v) is 9.81. The number of amides is 1. The number of carbonyl (C=O) groups excluding carboxylic acids is 1. The molecule has 1 amide bonds. The van der Waals surface area contributed by atoms with Crippen molar-refractivity contribution in [1.29, 1.82) is 0 Å². The molecule has 0 radical (unpaired) electrons. The Bertz CT molecular complexity index is 971. The molecular weight excluding hydrogens is 394 g/mol. The van der Waals surface area contributed by atoms with Crippen LogP contribution in [-0.2, 0) is 11.3 Å². The zero-order chi connectivity index (χ0) is 18.5. The number of aromatic nitrogens is 4. The van der Waals surface area contributed by atoms with Gasteiger partial charge in [0.1, 0.15) is 6.54 Å². The molecule has 7 nitrogen and oxygen atoms in total. The van der Waals surface area contributed by atoms with Gasteiger partial charge < -0.3 is 0 Å². The summed E-state index contributed by atoms with van der Waals surface area (Å²) in [5, 5.41) is 11.5. The van der Waals surface area contributed by atoms with Gasteiger partial charge in [0.25, 0.3) is 5.56 Å². The number of hydrogen-bond donors (Lipinski definition) is 1. The van der Waals surface area contributed by atoms with Crippen LogP contribution in [0.1, 0.15) is 6.92 Å². The van der Waals surface area contributed by atoms with E-state index in [1.54, 1.807) is 36.0 Å². The van der Waals surface area contributed by atoms with Crippen LogP contribution in [-0.4, -0.2) is 31.4 Å². The van der Waals surface area contributed by atoms with Gasteiger partial charge in [-0.25, -0.2) is 4.98 Å². The van der Waals surface area contributed by atoms with Gasteiger partial charge in [-0.15, -0.1) is 10.2 Å². The highest BCUT2D eigenvalue weighted by atomic mass is 35.5. The molecule has 0 spiro atoms. The number of carbonyl (C=O) groups is 1. The third-order valence-corrected chi connectivity index (χ3v) is 5.36. The highest BCUT2D eigenvalue weighted by Gasteiger charge is 2.10. The number of nitrogens with one attached hydrogen (secondary N) is 1. The Morgan fingerprint density at radius 2 is 2.08 bits per heavy atom. The van der Waals surface area contributed by atoms with Crippen LogP contribution >= 0.6 is 34.7 Å². The summed E-state index contributed by atoms with van der Waals surface area (Å²) in [7, 11) is 0. The van der Waals surface area contributed by atoms with Crippen LogP contribution in [0, 0.1) is 0 Å². The number of benzene rings is 1. The molecule has 0 saturated heterocycles. The molecule has 0 atom stereocenters. The summed E-state index contributed by atoms with van der Waals surface area (Å²) in [6.45, 7) is 1.86. The SMILES string of the molecule is CCSc1nnc(NC(=O)Cn2cnc(-c3ccc(Cl)cc3)cc2=O)s1. The van der Waals surface area contributed by atoms with E-state index in [2.05, 4.69) is 20.5 Å². The fourth-order valence-electron chi connectivity index (χ4n) is 2.08. The van der Waals surface area contributed by atoms with Crippen molar-refractivity contribution in [2.75, 3.05) is 11.1 Å². The van der Waals surface area contributed by atoms with Crippen molar-refractivity contribution in [2.24, 2.45) is 0 Å². The number of anilines is 1. The van der Waals surface area contributed by atoms with E-state index in [1.165, 1.54) is 28.3 Å². The monoisotopic (exact) mass is 407 g/mol. The Hall–Kier alpha value is -2.23. The summed E-state index contributed by atoms with van der Waals surface area (Å²) >= 11 is 8.70. The molecule has 0 bridgehead atoms. The van der Waals surface area contributed by atoms with Gasteiger partial charge in [-0.05, 0) is 17.9 Å². The predicted molar refractivity (Wildman–Crippen MR) is 104 cm³/mol. The van der Waals surface area contributed by atoms with E-state index < -0.39 is 0 Å². The molecule has 3 aromatic rings. The van der Waals surface area contributed by atoms with E-state index in [0.717, 1.165) is 15.7 Å². The van der Waals surface area contributed by atoms with E-state index in [9.17, 15) is 9.59 Å². The van der Waals surface area contributed by atoms with E-state index >= 15 is 0 Å². The van der Waals surface area contributed by atoms with Crippen LogP contribution in [0.15, 0.2) is 45.8 Å². The van der Waals surface area contributed by atoms with Crippen molar-refractivity contribution in [3.05, 3.63) is 52.0 Å². The van der Waals surface area contributed by atoms with E-state index in [4.69, 9.17) is 11.6 Å². The van der Waals surface area contributed by atoms with Crippen molar-refractivity contribution in [1.82, 2.24) is 19.7 Å². The van der Waals surface area contributed by atoms with Crippen LogP contribution in [0.4, 0.5) is 5.13 Å². The average molecular weight is 408 g/mol. The maximum atomic E-state index is 12.2. The Kier molecular flexibility index (Phi) is 6.02. The standard InChI is InChI=1S/C16H14ClN5O2S2/c1-2-25-16-21-20-15(26-16)19-13(23)8-22-9-18-12(7-14(22)24)10-3-5-11(17)6-4-10/h3-7,9H,2,8H2,1H3,(H,19,20,23). The maximum absolute atomic E-state index is 12.2. The molecule has 10 heteroatoms. The largest absolute Gasteiger partial charge is 0.299 e. The molecule has 1 aromatic carbocycles. The fraction of sp³-hybridized carbons (Fsp3) is 0.188. The van der Waals surface area contributed by atoms with Crippen LogP contribution < -0.4 is 10.9 Å². The second kappa shape index (κ2) is 8.43. The zero-order valence-corrected chi connectivity index (χ0v) is 16.1. The summed E-state index contributed by atoms with van der Waals surface area (Å²) in [5.41, 5.74) is 0.978. The first-order valence-electron chi connectivity index (χ1n) is 7.63. The van der Waals surface area contributed by atoms with Gasteiger partial charge in [-0.1, -0.05) is 53.8 Å². The van der Waals surface area contributed by atoms with Gasteiger partial charge in [0.05, 0.1) is 12.0 Å². The van der Waals surface area contributed by atoms with Gasteiger partial charge in [0.15, 0.2) is 4.34 Å². The summed E-state index contributed by atoms with van der Waals surface area (Å²) in [6, 6.07) is 8.40. The Balaban J connectivity index is 1.68. The number of rotatable bonds is 6. The van der Waals surface area contributed by atoms with Gasteiger partial charge in [-0.3, -0.25) is 19.5 Å². The van der Waals surface area contributed by atoms with Crippen molar-refractivity contribution in [3.8, 4) is 11.3 Å². The molecule has 0 aliphatic carbocycles. The number of halogens is 1. The van der Waals surface area contributed by atoms with E-state index in [-0.39, 0.29) is 18.0 Å². The molecule has 134 valence electrons. The van der Waals surface area contributed by atoms with Gasteiger partial charge >= 0.3 is 0 Å². The number of hydrogen-bond acceptors (Lipinski definition) is 7. The first kappa shape index (κ1) is 18.6. The summed E-state index contributed by atoms with van der Waals surface area (Å²) in [6.07, 6.45) is 1.35. The molecule has 26 heavy (non-hydrogen) atoms. The third-order valence-electron chi connectivity index (χ3n) is 3.25. The highest BCUT2D eigenvalue weighted by molar-refractivity contribution is 8.01. The Morgan fingerprint density at radius 1 is 1.31 bits per heavy atom. The minimum Gasteiger partial charge on any atom is -0.299 e. The highest BCUT2D eigenvalue weighted by Crippen LogP contribution is 2.24. The van der Waals surface area contributed by atoms with Crippen LogP contribution in [0.3, 0.4) is 0 Å². The van der Waals surface area contributed by atoms with Crippen LogP contribution in [0.2, 0.25) is 5.02 Å². The van der Waals surface area contributed by atoms with Crippen LogP contribution in [0.5, 0.6) is 0 Å². The summed E-state index contributed by atoms with van der Waals surface area (Å²) < 4.78 is 2.02. The van der Waals surface area contributed by atoms with Crippen molar-refractivity contribution < 1.29 is 4.79 Å². The third kappa shape index (κ3) is 4.69. The average Bonchev–Trinajstić information content (AvgIpc) is 3.04. The van der Waals surface area contributed by atoms with Crippen molar-refractivity contribution >= 4 is 45.7 Å². The lowest BCUT2D eigenvalue weighted by Gasteiger charge is -2.06. The number of nitrogens with zero attached hydrogens (tertiary/aromatic N) is 4. The normalized spacial score (nSPS) is 10.7. The molecule has 2 heterocycles. The second-order valence-electron chi connectivity index (χ2n) is 5.10. The quantitative estimate of drug-likeness (QED) is 0.498. The van der Waals surface area contributed by atoms with E-state index in [0.29, 0.717) is 15.8 Å². The van der Waals surface area contributed by atoms with Crippen molar-refractivity contribution in [3.63, 3.8) is 0 Å². The molecule has 0 fully saturated rings. The molecule has 2 aromatic heterocycles. The topological polar surface area (TPSA) is 89.8 Å². The van der Waals surface area contributed by atoms with E-state index in [1.807, 2.05) is 6.92 Å². The molecule has 1 N–H and O–H groups in total. The Morgan fingerprint density at radius 3 is 2.77 bits per heavy atom. The lowest BCUT2D eigenvalue weighted by molar-refractivity contribution is -0.116. The predicted octanol–water partition coefficient (Wildman–Crippen LogP) is 3.17. The molecule has 0 saturated carbocycles.